The predicted molar refractivity (Wildman–Crippen MR) is 148 cm³/mol. The summed E-state index contributed by atoms with van der Waals surface area (Å²) < 4.78 is 17.9. The fourth-order valence-corrected chi connectivity index (χ4v) is 5.33. The molecule has 1 fully saturated rings. The lowest BCUT2D eigenvalue weighted by molar-refractivity contribution is -0.165. The van der Waals surface area contributed by atoms with Gasteiger partial charge < -0.3 is 14.7 Å². The lowest BCUT2D eigenvalue weighted by Gasteiger charge is -2.41. The third-order valence-corrected chi connectivity index (χ3v) is 7.75. The summed E-state index contributed by atoms with van der Waals surface area (Å²) in [5, 5.41) is 10.2. The SMILES string of the molecule is CC.CC(CN1C(=O)C(CC(=O)O)OCC1c1ccc(Cl)cc1)S(=O)C(C)(C)C.Clc1ccccc1. The molecule has 4 unspecified atom stereocenters. The zero-order valence-electron chi connectivity index (χ0n) is 21.7. The molecular formula is C27H37Cl2NO5S. The van der Waals surface area contributed by atoms with Crippen molar-refractivity contribution in [1.29, 1.82) is 0 Å². The molecule has 200 valence electrons. The van der Waals surface area contributed by atoms with E-state index in [-0.39, 0.29) is 36.8 Å². The van der Waals surface area contributed by atoms with E-state index in [0.717, 1.165) is 10.6 Å². The van der Waals surface area contributed by atoms with Gasteiger partial charge in [0, 0.05) is 32.1 Å². The maximum atomic E-state index is 12.9. The van der Waals surface area contributed by atoms with Crippen molar-refractivity contribution in [3.63, 3.8) is 0 Å². The molecule has 1 N–H and O–H groups in total. The quantitative estimate of drug-likeness (QED) is 0.445. The van der Waals surface area contributed by atoms with Crippen molar-refractivity contribution < 1.29 is 23.6 Å². The van der Waals surface area contributed by atoms with Crippen LogP contribution in [0.15, 0.2) is 54.6 Å². The van der Waals surface area contributed by atoms with Gasteiger partial charge in [0.15, 0.2) is 0 Å². The van der Waals surface area contributed by atoms with Crippen LogP contribution in [-0.4, -0.2) is 55.3 Å². The maximum Gasteiger partial charge on any atom is 0.306 e. The maximum absolute atomic E-state index is 12.9. The van der Waals surface area contributed by atoms with Crippen LogP contribution in [0.4, 0.5) is 0 Å². The van der Waals surface area contributed by atoms with Gasteiger partial charge in [-0.1, -0.05) is 67.4 Å². The number of nitrogens with zero attached hydrogens (tertiary/aromatic N) is 1. The first-order chi connectivity index (χ1) is 16.9. The minimum atomic E-state index is -1.17. The zero-order valence-corrected chi connectivity index (χ0v) is 24.1. The average molecular weight is 559 g/mol. The topological polar surface area (TPSA) is 83.9 Å². The Kier molecular flexibility index (Phi) is 13.7. The minimum absolute atomic E-state index is 0.181. The molecule has 9 heteroatoms. The lowest BCUT2D eigenvalue weighted by Crippen LogP contribution is -2.53. The van der Waals surface area contributed by atoms with Crippen LogP contribution < -0.4 is 0 Å². The van der Waals surface area contributed by atoms with E-state index in [9.17, 15) is 13.8 Å². The molecule has 0 radical (unpaired) electrons. The van der Waals surface area contributed by atoms with Crippen LogP contribution in [0.5, 0.6) is 0 Å². The second kappa shape index (κ2) is 15.4. The number of rotatable bonds is 6. The smallest absolute Gasteiger partial charge is 0.306 e. The fraction of sp³-hybridized carbons (Fsp3) is 0.481. The van der Waals surface area contributed by atoms with E-state index in [1.54, 1.807) is 17.0 Å². The molecule has 1 saturated heterocycles. The van der Waals surface area contributed by atoms with E-state index in [4.69, 9.17) is 33.0 Å². The van der Waals surface area contributed by atoms with Crippen LogP contribution in [0, 0.1) is 0 Å². The van der Waals surface area contributed by atoms with Crippen molar-refractivity contribution in [1.82, 2.24) is 4.90 Å². The Labute approximate surface area is 227 Å². The summed E-state index contributed by atoms with van der Waals surface area (Å²) in [6.45, 7) is 12.0. The number of hydrogen-bond donors (Lipinski definition) is 1. The number of carboxylic acids is 1. The highest BCUT2D eigenvalue weighted by Crippen LogP contribution is 2.30. The van der Waals surface area contributed by atoms with Crippen molar-refractivity contribution in [3.8, 4) is 0 Å². The van der Waals surface area contributed by atoms with Crippen molar-refractivity contribution in [2.75, 3.05) is 13.2 Å². The molecule has 1 aliphatic heterocycles. The molecule has 1 aliphatic rings. The fourth-order valence-electron chi connectivity index (χ4n) is 3.55. The van der Waals surface area contributed by atoms with Gasteiger partial charge in [-0.25, -0.2) is 0 Å². The first-order valence-corrected chi connectivity index (χ1v) is 13.9. The van der Waals surface area contributed by atoms with Crippen LogP contribution in [0.3, 0.4) is 0 Å². The Morgan fingerprint density at radius 2 is 1.61 bits per heavy atom. The number of morpholine rings is 1. The molecule has 6 nitrogen and oxygen atoms in total. The summed E-state index contributed by atoms with van der Waals surface area (Å²) in [5.74, 6) is -1.48. The van der Waals surface area contributed by atoms with Crippen molar-refractivity contribution in [2.24, 2.45) is 0 Å². The molecule has 0 aliphatic carbocycles. The number of carboxylic acid groups (broad SMARTS) is 1. The summed E-state index contributed by atoms with van der Waals surface area (Å²) in [5.41, 5.74) is 0.843. The number of benzene rings is 2. The largest absolute Gasteiger partial charge is 0.481 e. The number of ether oxygens (including phenoxy) is 1. The molecule has 3 rings (SSSR count). The highest BCUT2D eigenvalue weighted by molar-refractivity contribution is 7.87. The van der Waals surface area contributed by atoms with Crippen LogP contribution >= 0.6 is 23.2 Å². The Morgan fingerprint density at radius 3 is 2.06 bits per heavy atom. The van der Waals surface area contributed by atoms with Crippen molar-refractivity contribution >= 4 is 45.9 Å². The third kappa shape index (κ3) is 10.2. The second-order valence-electron chi connectivity index (χ2n) is 8.99. The minimum Gasteiger partial charge on any atom is -0.481 e. The van der Waals surface area contributed by atoms with E-state index in [1.165, 1.54) is 0 Å². The number of halogens is 2. The first-order valence-electron chi connectivity index (χ1n) is 11.9. The van der Waals surface area contributed by atoms with Gasteiger partial charge in [-0.05, 0) is 57.5 Å². The van der Waals surface area contributed by atoms with E-state index < -0.39 is 27.6 Å². The molecule has 0 saturated carbocycles. The van der Waals surface area contributed by atoms with Gasteiger partial charge in [0.25, 0.3) is 5.91 Å². The van der Waals surface area contributed by atoms with E-state index in [2.05, 4.69) is 0 Å². The van der Waals surface area contributed by atoms with Crippen LogP contribution in [-0.2, 0) is 25.1 Å². The first kappa shape index (κ1) is 32.1. The van der Waals surface area contributed by atoms with Gasteiger partial charge in [-0.3, -0.25) is 13.8 Å². The molecule has 0 bridgehead atoms. The third-order valence-electron chi connectivity index (χ3n) is 5.16. The summed E-state index contributed by atoms with van der Waals surface area (Å²) in [7, 11) is -1.17. The molecule has 1 heterocycles. The zero-order chi connectivity index (χ0) is 27.5. The normalized spacial score (nSPS) is 19.2. The molecular weight excluding hydrogens is 521 g/mol. The van der Waals surface area contributed by atoms with Crippen LogP contribution in [0.1, 0.15) is 59.6 Å². The van der Waals surface area contributed by atoms with E-state index in [0.29, 0.717) is 5.02 Å². The molecule has 0 spiro atoms. The van der Waals surface area contributed by atoms with E-state index >= 15 is 0 Å². The van der Waals surface area contributed by atoms with Crippen LogP contribution in [0.2, 0.25) is 10.0 Å². The van der Waals surface area contributed by atoms with Gasteiger partial charge in [-0.2, -0.15) is 0 Å². The van der Waals surface area contributed by atoms with Gasteiger partial charge in [0.2, 0.25) is 0 Å². The van der Waals surface area contributed by atoms with Crippen LogP contribution in [0.25, 0.3) is 0 Å². The summed E-state index contributed by atoms with van der Waals surface area (Å²) in [6.07, 6.45) is -1.42. The highest BCUT2D eigenvalue weighted by atomic mass is 35.5. The Balaban J connectivity index is 0.000000609. The average Bonchev–Trinajstić information content (AvgIpc) is 2.83. The van der Waals surface area contributed by atoms with Gasteiger partial charge in [-0.15, -0.1) is 0 Å². The molecule has 1 amide bonds. The summed E-state index contributed by atoms with van der Waals surface area (Å²) in [6, 6.07) is 16.2. The molecule has 36 heavy (non-hydrogen) atoms. The van der Waals surface area contributed by atoms with Gasteiger partial charge in [0.05, 0.1) is 24.3 Å². The number of aliphatic carboxylic acids is 1. The Morgan fingerprint density at radius 1 is 1.08 bits per heavy atom. The Bertz CT molecular complexity index is 980. The van der Waals surface area contributed by atoms with E-state index in [1.807, 2.05) is 84.0 Å². The van der Waals surface area contributed by atoms with Crippen molar-refractivity contribution in [3.05, 3.63) is 70.2 Å². The number of amides is 1. The second-order valence-corrected chi connectivity index (χ2v) is 12.5. The van der Waals surface area contributed by atoms with Crippen molar-refractivity contribution in [2.45, 2.75) is 70.1 Å². The lowest BCUT2D eigenvalue weighted by atomic mass is 10.0. The number of hydrogen-bond acceptors (Lipinski definition) is 4. The molecule has 2 aromatic carbocycles. The molecule has 4 atom stereocenters. The highest BCUT2D eigenvalue weighted by Gasteiger charge is 2.40. The summed E-state index contributed by atoms with van der Waals surface area (Å²) >= 11 is 11.5. The molecule has 2 aromatic rings. The van der Waals surface area contributed by atoms with Gasteiger partial charge >= 0.3 is 5.97 Å². The Hall–Kier alpha value is -1.93. The number of carbonyl (C=O) groups is 2. The monoisotopic (exact) mass is 557 g/mol. The number of carbonyl (C=O) groups excluding carboxylic acids is 1. The predicted octanol–water partition coefficient (Wildman–Crippen LogP) is 6.39. The van der Waals surface area contributed by atoms with Gasteiger partial charge in [0.1, 0.15) is 6.10 Å². The standard InChI is InChI=1S/C19H26ClNO5S.C6H5Cl.C2H6/c1-12(27(25)19(2,3)4)10-21-15(13-5-7-14(20)8-6-13)11-26-16(18(21)24)9-17(22)23;7-6-4-2-1-3-5-6;1-2/h5-8,12,15-16H,9-11H2,1-4H3,(H,22,23);1-5H;1-2H3. The summed E-state index contributed by atoms with van der Waals surface area (Å²) in [4.78, 5) is 25.6. The molecule has 0 aromatic heterocycles.